The first-order valence-electron chi connectivity index (χ1n) is 4.61. The van der Waals surface area contributed by atoms with Crippen molar-refractivity contribution in [3.8, 4) is 0 Å². The van der Waals surface area contributed by atoms with Crippen LogP contribution in [0, 0.1) is 0 Å². The van der Waals surface area contributed by atoms with E-state index in [9.17, 15) is 9.59 Å². The first kappa shape index (κ1) is 10.3. The number of aromatic nitrogens is 1. The van der Waals surface area contributed by atoms with E-state index >= 15 is 0 Å². The fourth-order valence-corrected chi connectivity index (χ4v) is 2.20. The molecule has 0 saturated heterocycles. The largest absolute Gasteiger partial charge is 0.330 e. The average molecular weight is 222 g/mol. The van der Waals surface area contributed by atoms with Crippen LogP contribution in [0.25, 0.3) is 0 Å². The number of nitrogens with zero attached hydrogens (tertiary/aromatic N) is 1. The number of ketones is 2. The van der Waals surface area contributed by atoms with Crippen LogP contribution in [0.3, 0.4) is 0 Å². The number of carbonyl (C=O) groups is 2. The minimum atomic E-state index is -0.136. The topological polar surface area (TPSA) is 65.1 Å². The molecule has 0 bridgehead atoms. The summed E-state index contributed by atoms with van der Waals surface area (Å²) in [7, 11) is 2.41. The number of nitrogens with two attached hydrogens (primary N) is 1. The van der Waals surface area contributed by atoms with E-state index in [1.54, 1.807) is 10.5 Å². The number of allylic oxidation sites excluding steroid dienone is 2. The number of hydrogen-bond donors (Lipinski definition) is 1. The van der Waals surface area contributed by atoms with Crippen LogP contribution in [0.5, 0.6) is 0 Å². The Hall–Kier alpha value is -1.25. The molecule has 1 heterocycles. The second kappa shape index (κ2) is 3.72. The lowest BCUT2D eigenvalue weighted by molar-refractivity contribution is 0.0990. The predicted molar refractivity (Wildman–Crippen MR) is 60.1 cm³/mol. The molecule has 0 aromatic carbocycles. The summed E-state index contributed by atoms with van der Waals surface area (Å²) < 4.78 is 1.62. The van der Waals surface area contributed by atoms with Gasteiger partial charge in [-0.25, -0.2) is 0 Å². The molecule has 1 unspecified atom stereocenters. The van der Waals surface area contributed by atoms with E-state index in [1.807, 2.05) is 0 Å². The third kappa shape index (κ3) is 1.56. The van der Waals surface area contributed by atoms with Gasteiger partial charge in [-0.3, -0.25) is 9.59 Å². The number of rotatable bonds is 2. The molecule has 0 fully saturated rings. The van der Waals surface area contributed by atoms with Gasteiger partial charge >= 0.3 is 0 Å². The van der Waals surface area contributed by atoms with E-state index in [4.69, 9.17) is 5.73 Å². The first-order valence-corrected chi connectivity index (χ1v) is 5.13. The standard InChI is InChI=1S/C10H11N2O2P/c11-4-3-6-5-12(15)10-8(14)2-1-7(13)9(6)10/h1-2,5H,3-4,11,15H2. The maximum atomic E-state index is 11.6. The average Bonchev–Trinajstić information content (AvgIpc) is 2.51. The second-order valence-electron chi connectivity index (χ2n) is 3.39. The van der Waals surface area contributed by atoms with Gasteiger partial charge in [0.1, 0.15) is 5.69 Å². The summed E-state index contributed by atoms with van der Waals surface area (Å²) in [5, 5.41) is 0. The van der Waals surface area contributed by atoms with E-state index < -0.39 is 0 Å². The van der Waals surface area contributed by atoms with Crippen molar-refractivity contribution < 1.29 is 9.59 Å². The predicted octanol–water partition coefficient (Wildman–Crippen LogP) is 0.563. The Morgan fingerprint density at radius 3 is 2.60 bits per heavy atom. The zero-order chi connectivity index (χ0) is 11.0. The summed E-state index contributed by atoms with van der Waals surface area (Å²) in [4.78, 5) is 23.2. The maximum absolute atomic E-state index is 11.6. The molecule has 0 aliphatic heterocycles. The van der Waals surface area contributed by atoms with Crippen molar-refractivity contribution in [2.24, 2.45) is 5.73 Å². The van der Waals surface area contributed by atoms with Crippen LogP contribution in [0.15, 0.2) is 18.3 Å². The second-order valence-corrected chi connectivity index (χ2v) is 3.94. The van der Waals surface area contributed by atoms with E-state index in [0.29, 0.717) is 24.2 Å². The van der Waals surface area contributed by atoms with Crippen LogP contribution >= 0.6 is 9.39 Å². The molecule has 78 valence electrons. The molecule has 0 radical (unpaired) electrons. The maximum Gasteiger partial charge on any atom is 0.203 e. The monoisotopic (exact) mass is 222 g/mol. The van der Waals surface area contributed by atoms with Gasteiger partial charge in [0, 0.05) is 6.20 Å². The fraction of sp³-hybridized carbons (Fsp3) is 0.200. The smallest absolute Gasteiger partial charge is 0.203 e. The van der Waals surface area contributed by atoms with Gasteiger partial charge in [0.25, 0.3) is 0 Å². The lowest BCUT2D eigenvalue weighted by Crippen LogP contribution is -2.14. The van der Waals surface area contributed by atoms with E-state index in [0.717, 1.165) is 5.56 Å². The van der Waals surface area contributed by atoms with E-state index in [1.165, 1.54) is 12.2 Å². The Labute approximate surface area is 89.4 Å². The highest BCUT2D eigenvalue weighted by Gasteiger charge is 2.25. The Morgan fingerprint density at radius 2 is 1.93 bits per heavy atom. The Morgan fingerprint density at radius 1 is 1.27 bits per heavy atom. The van der Waals surface area contributed by atoms with Gasteiger partial charge in [-0.05, 0) is 40.1 Å². The molecule has 0 saturated carbocycles. The normalized spacial score (nSPS) is 14.5. The SMILES string of the molecule is NCCc1cn(P)c2c1C(=O)C=CC2=O. The molecule has 1 aliphatic carbocycles. The zero-order valence-corrected chi connectivity index (χ0v) is 9.22. The summed E-state index contributed by atoms with van der Waals surface area (Å²) >= 11 is 0. The molecule has 0 spiro atoms. The van der Waals surface area contributed by atoms with Crippen molar-refractivity contribution in [2.45, 2.75) is 6.42 Å². The highest BCUT2D eigenvalue weighted by atomic mass is 31.0. The number of hydrogen-bond acceptors (Lipinski definition) is 3. The van der Waals surface area contributed by atoms with Crippen molar-refractivity contribution in [2.75, 3.05) is 6.54 Å². The highest BCUT2D eigenvalue weighted by Crippen LogP contribution is 2.25. The molecule has 5 heteroatoms. The lowest BCUT2D eigenvalue weighted by Gasteiger charge is -2.06. The van der Waals surface area contributed by atoms with Crippen molar-refractivity contribution >= 4 is 21.0 Å². The van der Waals surface area contributed by atoms with Gasteiger partial charge in [0.05, 0.1) is 5.56 Å². The molecule has 2 N–H and O–H groups in total. The molecule has 1 aliphatic rings. The molecule has 1 atom stereocenters. The van der Waals surface area contributed by atoms with E-state index in [2.05, 4.69) is 9.39 Å². The Balaban J connectivity index is 2.62. The zero-order valence-electron chi connectivity index (χ0n) is 8.06. The minimum absolute atomic E-state index is 0.116. The molecular formula is C10H11N2O2P. The van der Waals surface area contributed by atoms with E-state index in [-0.39, 0.29) is 11.6 Å². The highest BCUT2D eigenvalue weighted by molar-refractivity contribution is 7.14. The lowest BCUT2D eigenvalue weighted by atomic mass is 9.97. The number of fused-ring (bicyclic) bond motifs is 1. The van der Waals surface area contributed by atoms with Gasteiger partial charge in [-0.2, -0.15) is 0 Å². The quantitative estimate of drug-likeness (QED) is 0.743. The fourth-order valence-electron chi connectivity index (χ4n) is 1.76. The molecule has 1 aromatic heterocycles. The third-order valence-electron chi connectivity index (χ3n) is 2.39. The summed E-state index contributed by atoms with van der Waals surface area (Å²) in [6.07, 6.45) is 4.99. The van der Waals surface area contributed by atoms with Gasteiger partial charge in [0.15, 0.2) is 5.78 Å². The van der Waals surface area contributed by atoms with Gasteiger partial charge in [-0.15, -0.1) is 0 Å². The third-order valence-corrected chi connectivity index (χ3v) is 2.80. The van der Waals surface area contributed by atoms with Crippen LogP contribution in [-0.2, 0) is 6.42 Å². The van der Waals surface area contributed by atoms with Crippen molar-refractivity contribution in [3.05, 3.63) is 35.2 Å². The van der Waals surface area contributed by atoms with Gasteiger partial charge < -0.3 is 10.1 Å². The van der Waals surface area contributed by atoms with Crippen LogP contribution in [-0.4, -0.2) is 22.4 Å². The summed E-state index contributed by atoms with van der Waals surface area (Å²) in [6, 6.07) is 0. The van der Waals surface area contributed by atoms with Gasteiger partial charge in [0.2, 0.25) is 5.78 Å². The molecule has 2 rings (SSSR count). The molecule has 15 heavy (non-hydrogen) atoms. The van der Waals surface area contributed by atoms with Crippen LogP contribution < -0.4 is 5.73 Å². The van der Waals surface area contributed by atoms with Gasteiger partial charge in [-0.1, -0.05) is 0 Å². The molecule has 4 nitrogen and oxygen atoms in total. The van der Waals surface area contributed by atoms with Crippen molar-refractivity contribution in [1.29, 1.82) is 0 Å². The molecular weight excluding hydrogens is 211 g/mol. The minimum Gasteiger partial charge on any atom is -0.330 e. The molecule has 1 aromatic rings. The summed E-state index contributed by atoms with van der Waals surface area (Å²) in [6.45, 7) is 0.465. The van der Waals surface area contributed by atoms with Crippen molar-refractivity contribution in [3.63, 3.8) is 0 Å². The van der Waals surface area contributed by atoms with Crippen LogP contribution in [0.2, 0.25) is 0 Å². The summed E-state index contributed by atoms with van der Waals surface area (Å²) in [5.41, 5.74) is 7.23. The van der Waals surface area contributed by atoms with Crippen LogP contribution in [0.4, 0.5) is 0 Å². The Kier molecular flexibility index (Phi) is 2.55. The van der Waals surface area contributed by atoms with Crippen molar-refractivity contribution in [1.82, 2.24) is 4.34 Å². The first-order chi connectivity index (χ1) is 7.15. The van der Waals surface area contributed by atoms with Crippen LogP contribution in [0.1, 0.15) is 26.4 Å². The summed E-state index contributed by atoms with van der Waals surface area (Å²) in [5.74, 6) is -0.253. The molecule has 0 amide bonds. The number of carbonyl (C=O) groups excluding carboxylic acids is 2. The Bertz CT molecular complexity index is 474.